The number of carbonyl (C=O) groups excluding carboxylic acids is 1. The minimum Gasteiger partial charge on any atom is -0.348 e. The average molecular weight is 430 g/mol. The van der Waals surface area contributed by atoms with Gasteiger partial charge in [0.2, 0.25) is 0 Å². The largest absolute Gasteiger partial charge is 0.348 e. The van der Waals surface area contributed by atoms with Crippen LogP contribution in [0.1, 0.15) is 61.8 Å². The molecule has 2 aromatic rings. The highest BCUT2D eigenvalue weighted by Gasteiger charge is 2.38. The van der Waals surface area contributed by atoms with Crippen molar-refractivity contribution >= 4 is 27.5 Å². The number of amides is 1. The second-order valence-electron chi connectivity index (χ2n) is 10.7. The lowest BCUT2D eigenvalue weighted by Gasteiger charge is -2.46. The highest BCUT2D eigenvalue weighted by Crippen LogP contribution is 2.33. The first-order valence-corrected chi connectivity index (χ1v) is 12.3. The zero-order valence-corrected chi connectivity index (χ0v) is 19.6. The van der Waals surface area contributed by atoms with Crippen molar-refractivity contribution in [1.82, 2.24) is 24.9 Å². The molecule has 3 heterocycles. The third kappa shape index (κ3) is 4.16. The van der Waals surface area contributed by atoms with Crippen LogP contribution in [0.4, 0.5) is 0 Å². The summed E-state index contributed by atoms with van der Waals surface area (Å²) in [6.45, 7) is 14.4. The molecule has 3 aliphatic rings. The molecule has 0 atom stereocenters. The van der Waals surface area contributed by atoms with Crippen molar-refractivity contribution in [2.24, 2.45) is 5.41 Å². The topological polar surface area (TPSA) is 53.4 Å². The minimum atomic E-state index is 0.0833. The van der Waals surface area contributed by atoms with Gasteiger partial charge in [-0.2, -0.15) is 5.10 Å². The number of nitrogens with zero attached hydrogens (tertiary/aromatic N) is 4. The van der Waals surface area contributed by atoms with E-state index < -0.39 is 0 Å². The Kier molecular flexibility index (Phi) is 5.19. The number of rotatable bonds is 5. The van der Waals surface area contributed by atoms with Crippen molar-refractivity contribution in [3.63, 3.8) is 0 Å². The number of hydrogen-bond acceptors (Lipinski definition) is 5. The van der Waals surface area contributed by atoms with Gasteiger partial charge in [0.05, 0.1) is 10.6 Å². The summed E-state index contributed by atoms with van der Waals surface area (Å²) in [5.41, 5.74) is 1.17. The van der Waals surface area contributed by atoms with Crippen LogP contribution in [0.3, 0.4) is 0 Å². The van der Waals surface area contributed by atoms with E-state index in [4.69, 9.17) is 5.10 Å². The average Bonchev–Trinajstić information content (AvgIpc) is 3.33. The number of thiophene rings is 1. The van der Waals surface area contributed by atoms with Gasteiger partial charge in [0.15, 0.2) is 0 Å². The number of aromatic nitrogens is 2. The SMILES string of the molecule is Cc1nn(CC(C)(C)C)c2sc(C(=O)NC3CC(N4CCN(C5CC5)CC4)C3)cc12. The van der Waals surface area contributed by atoms with Crippen LogP contribution < -0.4 is 5.32 Å². The smallest absolute Gasteiger partial charge is 0.261 e. The van der Waals surface area contributed by atoms with Gasteiger partial charge in [0, 0.05) is 56.2 Å². The van der Waals surface area contributed by atoms with Gasteiger partial charge in [-0.3, -0.25) is 19.3 Å². The van der Waals surface area contributed by atoms with Gasteiger partial charge in [-0.05, 0) is 44.1 Å². The maximum Gasteiger partial charge on any atom is 0.261 e. The molecule has 30 heavy (non-hydrogen) atoms. The lowest BCUT2D eigenvalue weighted by Crippen LogP contribution is -2.58. The van der Waals surface area contributed by atoms with Gasteiger partial charge in [0.25, 0.3) is 5.91 Å². The Labute approximate surface area is 183 Å². The van der Waals surface area contributed by atoms with Crippen LogP contribution in [-0.2, 0) is 6.54 Å². The zero-order chi connectivity index (χ0) is 21.0. The third-order valence-corrected chi connectivity index (χ3v) is 7.98. The van der Waals surface area contributed by atoms with E-state index in [-0.39, 0.29) is 11.3 Å². The highest BCUT2D eigenvalue weighted by molar-refractivity contribution is 7.20. The fraction of sp³-hybridized carbons (Fsp3) is 0.739. The molecule has 0 radical (unpaired) electrons. The maximum atomic E-state index is 12.9. The second-order valence-corrected chi connectivity index (χ2v) is 11.8. The van der Waals surface area contributed by atoms with Crippen LogP contribution in [0.25, 0.3) is 10.2 Å². The Morgan fingerprint density at radius 1 is 1.13 bits per heavy atom. The van der Waals surface area contributed by atoms with Crippen LogP contribution in [0.5, 0.6) is 0 Å². The molecule has 1 amide bonds. The van der Waals surface area contributed by atoms with Crippen molar-refractivity contribution in [2.45, 2.75) is 78.0 Å². The Morgan fingerprint density at radius 3 is 2.37 bits per heavy atom. The quantitative estimate of drug-likeness (QED) is 0.791. The summed E-state index contributed by atoms with van der Waals surface area (Å²) >= 11 is 1.58. The molecule has 0 aromatic carbocycles. The lowest BCUT2D eigenvalue weighted by molar-refractivity contribution is 0.0409. The van der Waals surface area contributed by atoms with E-state index in [1.807, 2.05) is 13.0 Å². The van der Waals surface area contributed by atoms with Gasteiger partial charge < -0.3 is 5.32 Å². The minimum absolute atomic E-state index is 0.0833. The van der Waals surface area contributed by atoms with Crippen LogP contribution in [0, 0.1) is 12.3 Å². The molecule has 1 N–H and O–H groups in total. The first-order valence-electron chi connectivity index (χ1n) is 11.5. The predicted molar refractivity (Wildman–Crippen MR) is 122 cm³/mol. The number of nitrogens with one attached hydrogen (secondary N) is 1. The predicted octanol–water partition coefficient (Wildman–Crippen LogP) is 3.49. The Bertz CT molecular complexity index is 923. The zero-order valence-electron chi connectivity index (χ0n) is 18.8. The summed E-state index contributed by atoms with van der Waals surface area (Å²) in [5.74, 6) is 0.0833. The summed E-state index contributed by atoms with van der Waals surface area (Å²) in [6.07, 6.45) is 5.00. The van der Waals surface area contributed by atoms with Crippen molar-refractivity contribution in [3.8, 4) is 0 Å². The van der Waals surface area contributed by atoms with Crippen LogP contribution in [0.15, 0.2) is 6.07 Å². The summed E-state index contributed by atoms with van der Waals surface area (Å²) in [4.78, 5) is 20.1. The summed E-state index contributed by atoms with van der Waals surface area (Å²) in [5, 5.41) is 9.09. The molecule has 0 spiro atoms. The fourth-order valence-corrected chi connectivity index (χ4v) is 6.01. The molecule has 2 aromatic heterocycles. The molecule has 2 aliphatic carbocycles. The summed E-state index contributed by atoms with van der Waals surface area (Å²) < 4.78 is 2.08. The van der Waals surface area contributed by atoms with Gasteiger partial charge in [0.1, 0.15) is 4.83 Å². The first-order chi connectivity index (χ1) is 14.3. The van der Waals surface area contributed by atoms with Gasteiger partial charge >= 0.3 is 0 Å². The molecule has 0 unspecified atom stereocenters. The van der Waals surface area contributed by atoms with Gasteiger partial charge in [-0.25, -0.2) is 0 Å². The molecular formula is C23H35N5OS. The van der Waals surface area contributed by atoms with Crippen molar-refractivity contribution in [2.75, 3.05) is 26.2 Å². The fourth-order valence-electron chi connectivity index (χ4n) is 4.95. The number of carbonyl (C=O) groups is 1. The standard InChI is InChI=1S/C23H35N5OS/c1-15-19-13-20(30-22(19)28(25-15)14-23(2,3)4)21(29)24-16-11-18(12-16)27-9-7-26(8-10-27)17-5-6-17/h13,16-18H,5-12,14H2,1-4H3,(H,24,29). The van der Waals surface area contributed by atoms with Crippen LogP contribution >= 0.6 is 11.3 Å². The molecule has 1 saturated heterocycles. The van der Waals surface area contributed by atoms with E-state index in [2.05, 4.69) is 40.6 Å². The highest BCUT2D eigenvalue weighted by atomic mass is 32.1. The van der Waals surface area contributed by atoms with Crippen molar-refractivity contribution < 1.29 is 4.79 Å². The van der Waals surface area contributed by atoms with E-state index >= 15 is 0 Å². The van der Waals surface area contributed by atoms with Crippen LogP contribution in [0.2, 0.25) is 0 Å². The molecule has 164 valence electrons. The molecule has 1 aliphatic heterocycles. The number of fused-ring (bicyclic) bond motifs is 1. The lowest BCUT2D eigenvalue weighted by atomic mass is 9.85. The van der Waals surface area contributed by atoms with E-state index in [0.717, 1.165) is 46.2 Å². The summed E-state index contributed by atoms with van der Waals surface area (Å²) in [6, 6.07) is 3.90. The van der Waals surface area contributed by atoms with Crippen LogP contribution in [-0.4, -0.2) is 69.8 Å². The molecule has 2 saturated carbocycles. The van der Waals surface area contributed by atoms with Crippen molar-refractivity contribution in [3.05, 3.63) is 16.6 Å². The van der Waals surface area contributed by atoms with Gasteiger partial charge in [-0.1, -0.05) is 20.8 Å². The number of hydrogen-bond donors (Lipinski definition) is 1. The second kappa shape index (κ2) is 7.61. The molecule has 3 fully saturated rings. The van der Waals surface area contributed by atoms with E-state index in [1.165, 1.54) is 39.0 Å². The summed E-state index contributed by atoms with van der Waals surface area (Å²) in [7, 11) is 0. The molecular weight excluding hydrogens is 394 g/mol. The van der Waals surface area contributed by atoms with Crippen molar-refractivity contribution in [1.29, 1.82) is 0 Å². The molecule has 0 bridgehead atoms. The molecule has 6 nitrogen and oxygen atoms in total. The Balaban J connectivity index is 1.16. The van der Waals surface area contributed by atoms with Gasteiger partial charge in [-0.15, -0.1) is 11.3 Å². The van der Waals surface area contributed by atoms with E-state index in [9.17, 15) is 4.79 Å². The third-order valence-electron chi connectivity index (χ3n) is 6.83. The first kappa shape index (κ1) is 20.5. The molecule has 7 heteroatoms. The van der Waals surface area contributed by atoms with E-state index in [0.29, 0.717) is 12.1 Å². The normalized spacial score (nSPS) is 26.1. The molecule has 5 rings (SSSR count). The monoisotopic (exact) mass is 429 g/mol. The maximum absolute atomic E-state index is 12.9. The van der Waals surface area contributed by atoms with E-state index in [1.54, 1.807) is 11.3 Å². The Morgan fingerprint density at radius 2 is 1.77 bits per heavy atom. The Hall–Kier alpha value is -1.44. The number of aryl methyl sites for hydroxylation is 1. The number of piperazine rings is 1.